The third-order valence-electron chi connectivity index (χ3n) is 11.0. The maximum Gasteiger partial charge on any atom is 0.220 e. The predicted octanol–water partition coefficient (Wildman–Crippen LogP) is 15.7. The minimum Gasteiger partial charge on any atom is -0.394 e. The summed E-state index contributed by atoms with van der Waals surface area (Å²) < 4.78 is 0. The molecule has 0 aliphatic carbocycles. The molecule has 0 saturated carbocycles. The van der Waals surface area contributed by atoms with Gasteiger partial charge in [-0.3, -0.25) is 4.79 Å². The van der Waals surface area contributed by atoms with Gasteiger partial charge in [0.1, 0.15) is 0 Å². The van der Waals surface area contributed by atoms with Crippen molar-refractivity contribution in [2.24, 2.45) is 0 Å². The third-order valence-corrected chi connectivity index (χ3v) is 11.0. The van der Waals surface area contributed by atoms with Crippen molar-refractivity contribution in [3.8, 4) is 0 Å². The molecule has 0 aromatic carbocycles. The third kappa shape index (κ3) is 43.2. The lowest BCUT2D eigenvalue weighted by atomic mass is 10.0. The minimum absolute atomic E-state index is 0.0649. The van der Waals surface area contributed by atoms with Gasteiger partial charge in [0, 0.05) is 6.42 Å². The fourth-order valence-electron chi connectivity index (χ4n) is 7.29. The van der Waals surface area contributed by atoms with Crippen molar-refractivity contribution in [1.82, 2.24) is 5.32 Å². The van der Waals surface area contributed by atoms with Crippen LogP contribution in [0, 0.1) is 0 Å². The van der Waals surface area contributed by atoms with Gasteiger partial charge < -0.3 is 15.5 Å². The zero-order chi connectivity index (χ0) is 40.7. The van der Waals surface area contributed by atoms with Crippen LogP contribution in [0.2, 0.25) is 0 Å². The Balaban J connectivity index is 3.40. The van der Waals surface area contributed by atoms with E-state index in [0.29, 0.717) is 6.42 Å². The number of hydrogen-bond donors (Lipinski definition) is 3. The van der Waals surface area contributed by atoms with E-state index in [1.165, 1.54) is 173 Å². The number of unbranched alkanes of at least 4 members (excludes halogenated alkanes) is 29. The Hall–Kier alpha value is -1.91. The highest BCUT2D eigenvalue weighted by Gasteiger charge is 2.17. The van der Waals surface area contributed by atoms with Gasteiger partial charge in [0.05, 0.1) is 18.8 Å². The maximum absolute atomic E-state index is 12.4. The summed E-state index contributed by atoms with van der Waals surface area (Å²) in [5.41, 5.74) is 0. The van der Waals surface area contributed by atoms with Gasteiger partial charge in [-0.15, -0.1) is 0 Å². The molecule has 4 nitrogen and oxygen atoms in total. The van der Waals surface area contributed by atoms with Crippen LogP contribution in [0.15, 0.2) is 60.8 Å². The van der Waals surface area contributed by atoms with Crippen molar-refractivity contribution in [2.75, 3.05) is 6.61 Å². The van der Waals surface area contributed by atoms with Gasteiger partial charge in [-0.05, 0) is 57.8 Å². The number of rotatable bonds is 44. The fourth-order valence-corrected chi connectivity index (χ4v) is 7.29. The van der Waals surface area contributed by atoms with Crippen LogP contribution in [-0.2, 0) is 4.79 Å². The highest BCUT2D eigenvalue weighted by molar-refractivity contribution is 5.76. The number of carbonyl (C=O) groups is 1. The maximum atomic E-state index is 12.4. The molecule has 1 amide bonds. The molecule has 0 saturated heterocycles. The van der Waals surface area contributed by atoms with Crippen LogP contribution >= 0.6 is 0 Å². The van der Waals surface area contributed by atoms with Crippen LogP contribution in [0.5, 0.6) is 0 Å². The summed E-state index contributed by atoms with van der Waals surface area (Å²) in [5.74, 6) is -0.0649. The molecule has 0 aliphatic rings. The van der Waals surface area contributed by atoms with E-state index in [1.54, 1.807) is 6.08 Å². The first-order chi connectivity index (χ1) is 27.7. The molecule has 0 aromatic heterocycles. The van der Waals surface area contributed by atoms with E-state index in [0.717, 1.165) is 51.4 Å². The molecule has 0 heterocycles. The van der Waals surface area contributed by atoms with E-state index < -0.39 is 12.1 Å². The smallest absolute Gasteiger partial charge is 0.220 e. The molecule has 0 rings (SSSR count). The number of nitrogens with one attached hydrogen (secondary N) is 1. The average Bonchev–Trinajstić information content (AvgIpc) is 3.20. The van der Waals surface area contributed by atoms with Crippen molar-refractivity contribution in [1.29, 1.82) is 0 Å². The molecular formula is C52H95NO3. The average molecular weight is 782 g/mol. The Morgan fingerprint density at radius 3 is 1.18 bits per heavy atom. The van der Waals surface area contributed by atoms with Crippen molar-refractivity contribution < 1.29 is 15.0 Å². The molecule has 3 N–H and O–H groups in total. The van der Waals surface area contributed by atoms with E-state index in [-0.39, 0.29) is 12.5 Å². The predicted molar refractivity (Wildman–Crippen MR) is 248 cm³/mol. The molecule has 0 spiro atoms. The summed E-state index contributed by atoms with van der Waals surface area (Å²) in [7, 11) is 0. The molecule has 0 aliphatic heterocycles. The van der Waals surface area contributed by atoms with E-state index in [4.69, 9.17) is 0 Å². The van der Waals surface area contributed by atoms with Gasteiger partial charge >= 0.3 is 0 Å². The second-order valence-electron chi connectivity index (χ2n) is 16.5. The number of carbonyl (C=O) groups excluding carboxylic acids is 1. The van der Waals surface area contributed by atoms with Crippen LogP contribution in [0.4, 0.5) is 0 Å². The lowest BCUT2D eigenvalue weighted by Gasteiger charge is -2.20. The monoisotopic (exact) mass is 782 g/mol. The second kappa shape index (κ2) is 47.5. The molecule has 0 bridgehead atoms. The van der Waals surface area contributed by atoms with Crippen LogP contribution in [0.1, 0.15) is 245 Å². The first-order valence-corrected chi connectivity index (χ1v) is 24.5. The van der Waals surface area contributed by atoms with Gasteiger partial charge in [0.15, 0.2) is 0 Å². The number of amides is 1. The molecule has 4 heteroatoms. The van der Waals surface area contributed by atoms with Gasteiger partial charge in [-0.25, -0.2) is 0 Å². The summed E-state index contributed by atoms with van der Waals surface area (Å²) in [6.07, 6.45) is 66.6. The van der Waals surface area contributed by atoms with Gasteiger partial charge in [-0.2, -0.15) is 0 Å². The van der Waals surface area contributed by atoms with Crippen LogP contribution < -0.4 is 5.32 Å². The fraction of sp³-hybridized carbons (Fsp3) is 0.788. The quantitative estimate of drug-likeness (QED) is 0.0426. The van der Waals surface area contributed by atoms with Gasteiger partial charge in [-0.1, -0.05) is 242 Å². The van der Waals surface area contributed by atoms with E-state index in [9.17, 15) is 15.0 Å². The van der Waals surface area contributed by atoms with Crippen molar-refractivity contribution in [3.05, 3.63) is 60.8 Å². The van der Waals surface area contributed by atoms with Crippen LogP contribution in [0.25, 0.3) is 0 Å². The minimum atomic E-state index is -0.836. The van der Waals surface area contributed by atoms with Gasteiger partial charge in [0.2, 0.25) is 5.91 Å². The standard InChI is InChI=1S/C52H95NO3/c1-3-5-7-9-11-13-14-15-16-17-18-19-20-21-22-23-24-25-26-27-28-29-30-31-32-33-34-35-36-37-38-40-42-44-46-48-52(56)53-50(49-54)51(55)47-45-43-41-39-12-10-8-6-4-2/h5,7,11,13,15-16,18-19,45,47,50-51,54-55H,3-4,6,8-10,12,14,17,20-44,46,48-49H2,1-2H3,(H,53,56)/b7-5-,13-11-,16-15-,19-18-,47-45+. The van der Waals surface area contributed by atoms with Crippen molar-refractivity contribution in [2.45, 2.75) is 257 Å². The SMILES string of the molecule is CC/C=C\C/C=C\C/C=C\C/C=C\CCCCCCCCCCCCCCCCCCCCCCCCC(=O)NC(CO)C(O)/C=C/CCCCCCCCC. The van der Waals surface area contributed by atoms with E-state index in [2.05, 4.69) is 67.8 Å². The number of allylic oxidation sites excluding steroid dienone is 9. The summed E-state index contributed by atoms with van der Waals surface area (Å²) in [5, 5.41) is 22.9. The highest BCUT2D eigenvalue weighted by Crippen LogP contribution is 2.16. The lowest BCUT2D eigenvalue weighted by molar-refractivity contribution is -0.123. The molecular weight excluding hydrogens is 687 g/mol. The summed E-state index contributed by atoms with van der Waals surface area (Å²) in [4.78, 5) is 12.4. The Bertz CT molecular complexity index is 934. The number of hydrogen-bond acceptors (Lipinski definition) is 3. The summed E-state index contributed by atoms with van der Waals surface area (Å²) >= 11 is 0. The Labute approximate surface area is 349 Å². The zero-order valence-electron chi connectivity index (χ0n) is 37.4. The zero-order valence-corrected chi connectivity index (χ0v) is 37.4. The second-order valence-corrected chi connectivity index (χ2v) is 16.5. The number of aliphatic hydroxyl groups is 2. The molecule has 326 valence electrons. The molecule has 2 atom stereocenters. The normalized spacial score (nSPS) is 13.4. The van der Waals surface area contributed by atoms with Crippen molar-refractivity contribution >= 4 is 5.91 Å². The first-order valence-electron chi connectivity index (χ1n) is 24.5. The van der Waals surface area contributed by atoms with Crippen LogP contribution in [0.3, 0.4) is 0 Å². The first kappa shape index (κ1) is 54.1. The molecule has 0 aromatic rings. The van der Waals surface area contributed by atoms with E-state index >= 15 is 0 Å². The Kier molecular flexibility index (Phi) is 45.8. The Morgan fingerprint density at radius 2 is 0.786 bits per heavy atom. The summed E-state index contributed by atoms with van der Waals surface area (Å²) in [6, 6.07) is -0.619. The van der Waals surface area contributed by atoms with Crippen LogP contribution in [-0.4, -0.2) is 34.9 Å². The topological polar surface area (TPSA) is 69.6 Å². The molecule has 2 unspecified atom stereocenters. The highest BCUT2D eigenvalue weighted by atomic mass is 16.3. The summed E-state index contributed by atoms with van der Waals surface area (Å²) in [6.45, 7) is 4.17. The molecule has 56 heavy (non-hydrogen) atoms. The largest absolute Gasteiger partial charge is 0.394 e. The lowest BCUT2D eigenvalue weighted by Crippen LogP contribution is -2.45. The van der Waals surface area contributed by atoms with E-state index in [1.807, 2.05) is 6.08 Å². The molecule has 0 fully saturated rings. The van der Waals surface area contributed by atoms with Gasteiger partial charge in [0.25, 0.3) is 0 Å². The van der Waals surface area contributed by atoms with Crippen molar-refractivity contribution in [3.63, 3.8) is 0 Å². The molecule has 0 radical (unpaired) electrons. The Morgan fingerprint density at radius 1 is 0.446 bits per heavy atom. The number of aliphatic hydroxyl groups excluding tert-OH is 2.